The maximum absolute atomic E-state index is 12.2. The number of carbonyl (C=O) groups is 1. The fourth-order valence-electron chi connectivity index (χ4n) is 2.58. The zero-order chi connectivity index (χ0) is 21.4. The van der Waals surface area contributed by atoms with E-state index in [0.717, 1.165) is 11.8 Å². The molecule has 0 bridgehead atoms. The van der Waals surface area contributed by atoms with Crippen molar-refractivity contribution in [2.24, 2.45) is 0 Å². The molecule has 1 atom stereocenters. The van der Waals surface area contributed by atoms with Crippen LogP contribution in [0.3, 0.4) is 0 Å². The Morgan fingerprint density at radius 3 is 2.47 bits per heavy atom. The lowest BCUT2D eigenvalue weighted by molar-refractivity contribution is 0.0472. The number of benzene rings is 2. The van der Waals surface area contributed by atoms with Crippen molar-refractivity contribution in [2.45, 2.75) is 19.3 Å². The minimum Gasteiger partial charge on any atom is -0.491 e. The third kappa shape index (κ3) is 6.98. The summed E-state index contributed by atoms with van der Waals surface area (Å²) in [6.45, 7) is 0.298. The normalized spacial score (nSPS) is 12.3. The summed E-state index contributed by atoms with van der Waals surface area (Å²) in [6.07, 6.45) is 2.97. The predicted octanol–water partition coefficient (Wildman–Crippen LogP) is 2.06. The molecule has 0 saturated carbocycles. The van der Waals surface area contributed by atoms with Crippen molar-refractivity contribution in [3.8, 4) is 5.75 Å². The minimum atomic E-state index is -3.68. The summed E-state index contributed by atoms with van der Waals surface area (Å²) in [7, 11) is -3.68. The maximum atomic E-state index is 12.2. The van der Waals surface area contributed by atoms with E-state index >= 15 is 0 Å². The molecule has 3 aromatic rings. The molecule has 0 aliphatic rings. The third-order valence-corrected chi connectivity index (χ3v) is 4.53. The zero-order valence-corrected chi connectivity index (χ0v) is 17.1. The van der Waals surface area contributed by atoms with Gasteiger partial charge in [0.2, 0.25) is 0 Å². The number of ether oxygens (including phenoxy) is 2. The number of hydrogen-bond acceptors (Lipinski definition) is 8. The van der Waals surface area contributed by atoms with Gasteiger partial charge in [0.15, 0.2) is 0 Å². The molecule has 0 fully saturated rings. The Kier molecular flexibility index (Phi) is 7.15. The lowest BCUT2D eigenvalue weighted by atomic mass is 10.2. The van der Waals surface area contributed by atoms with Gasteiger partial charge in [-0.05, 0) is 29.8 Å². The van der Waals surface area contributed by atoms with Crippen molar-refractivity contribution in [3.63, 3.8) is 0 Å². The Morgan fingerprint density at radius 1 is 1.10 bits per heavy atom. The van der Waals surface area contributed by atoms with Crippen LogP contribution in [0.5, 0.6) is 5.75 Å². The second-order valence-corrected chi connectivity index (χ2v) is 8.04. The summed E-state index contributed by atoms with van der Waals surface area (Å²) in [5.74, 6) is 0.00479. The molecule has 0 N–H and O–H groups in total. The lowest BCUT2D eigenvalue weighted by Crippen LogP contribution is -2.29. The van der Waals surface area contributed by atoms with E-state index in [0.29, 0.717) is 11.3 Å². The van der Waals surface area contributed by atoms with Crippen LogP contribution in [0.1, 0.15) is 15.9 Å². The highest BCUT2D eigenvalue weighted by molar-refractivity contribution is 7.86. The van der Waals surface area contributed by atoms with E-state index in [4.69, 9.17) is 13.7 Å². The number of carbonyl (C=O) groups excluding carboxylic acids is 1. The summed E-state index contributed by atoms with van der Waals surface area (Å²) in [5.41, 5.74) is 1.28. The van der Waals surface area contributed by atoms with Gasteiger partial charge in [0.05, 0.1) is 18.4 Å². The quantitative estimate of drug-likeness (QED) is 0.354. The van der Waals surface area contributed by atoms with Crippen LogP contribution in [0.25, 0.3) is 0 Å². The van der Waals surface area contributed by atoms with Crippen molar-refractivity contribution in [1.29, 1.82) is 0 Å². The van der Waals surface area contributed by atoms with Crippen LogP contribution >= 0.6 is 0 Å². The first-order chi connectivity index (χ1) is 14.4. The molecule has 1 aromatic heterocycles. The summed E-state index contributed by atoms with van der Waals surface area (Å²) in [6, 6.07) is 15.7. The van der Waals surface area contributed by atoms with E-state index in [-0.39, 0.29) is 19.8 Å². The molecule has 0 aliphatic carbocycles. The minimum absolute atomic E-state index is 0.0370. The van der Waals surface area contributed by atoms with Crippen molar-refractivity contribution in [3.05, 3.63) is 78.4 Å². The number of rotatable bonds is 10. The molecule has 3 rings (SSSR count). The van der Waals surface area contributed by atoms with E-state index < -0.39 is 22.2 Å². The van der Waals surface area contributed by atoms with E-state index in [1.807, 2.05) is 30.3 Å². The van der Waals surface area contributed by atoms with Crippen molar-refractivity contribution in [2.75, 3.05) is 12.9 Å². The summed E-state index contributed by atoms with van der Waals surface area (Å²) >= 11 is 0. The second-order valence-electron chi connectivity index (χ2n) is 6.44. The molecule has 30 heavy (non-hydrogen) atoms. The molecule has 2 aromatic carbocycles. The Labute approximate surface area is 174 Å². The largest absolute Gasteiger partial charge is 0.491 e. The molecule has 0 radical (unpaired) electrons. The Hall–Kier alpha value is -3.24. The summed E-state index contributed by atoms with van der Waals surface area (Å²) < 4.78 is 40.4. The number of esters is 1. The first kappa shape index (κ1) is 21.5. The third-order valence-electron chi connectivity index (χ3n) is 3.91. The van der Waals surface area contributed by atoms with Crippen LogP contribution in [-0.4, -0.2) is 48.1 Å². The number of aromatic nitrogens is 3. The van der Waals surface area contributed by atoms with Gasteiger partial charge in [0, 0.05) is 0 Å². The van der Waals surface area contributed by atoms with Gasteiger partial charge in [-0.25, -0.2) is 9.78 Å². The number of nitrogens with zero attached hydrogens (tertiary/aromatic N) is 3. The van der Waals surface area contributed by atoms with Gasteiger partial charge in [-0.3, -0.25) is 8.86 Å². The fourth-order valence-corrected chi connectivity index (χ4v) is 3.19. The smallest absolute Gasteiger partial charge is 0.338 e. The molecular weight excluding hydrogens is 410 g/mol. The van der Waals surface area contributed by atoms with Crippen molar-refractivity contribution >= 4 is 16.1 Å². The standard InChI is InChI=1S/C20H21N3O6S/c1-30(25,26)29-19(11-23-15-21-14-22-23)13-27-18-9-7-17(8-10-18)20(24)28-12-16-5-3-2-4-6-16/h2-10,14-15,19H,11-13H2,1H3/t19-/m0/s1. The second kappa shape index (κ2) is 9.99. The average molecular weight is 431 g/mol. The van der Waals surface area contributed by atoms with Crippen LogP contribution in [-0.2, 0) is 32.2 Å². The molecule has 10 heteroatoms. The topological polar surface area (TPSA) is 110 Å². The highest BCUT2D eigenvalue weighted by Gasteiger charge is 2.18. The average Bonchev–Trinajstić information content (AvgIpc) is 3.23. The summed E-state index contributed by atoms with van der Waals surface area (Å²) in [5, 5.41) is 3.94. The van der Waals surface area contributed by atoms with Gasteiger partial charge in [0.1, 0.15) is 37.7 Å². The molecule has 9 nitrogen and oxygen atoms in total. The molecular formula is C20H21N3O6S. The molecule has 158 valence electrons. The van der Waals surface area contributed by atoms with Gasteiger partial charge >= 0.3 is 5.97 Å². The van der Waals surface area contributed by atoms with Crippen molar-refractivity contribution in [1.82, 2.24) is 14.8 Å². The predicted molar refractivity (Wildman–Crippen MR) is 107 cm³/mol. The van der Waals surface area contributed by atoms with Gasteiger partial charge in [-0.2, -0.15) is 13.5 Å². The summed E-state index contributed by atoms with van der Waals surface area (Å²) in [4.78, 5) is 16.0. The SMILES string of the molecule is CS(=O)(=O)O[C@H](COc1ccc(C(=O)OCc2ccccc2)cc1)Cn1cncn1. The van der Waals surface area contributed by atoms with Gasteiger partial charge < -0.3 is 9.47 Å². The van der Waals surface area contributed by atoms with E-state index in [9.17, 15) is 13.2 Å². The zero-order valence-electron chi connectivity index (χ0n) is 16.2. The Bertz CT molecular complexity index is 1040. The molecule has 0 saturated heterocycles. The maximum Gasteiger partial charge on any atom is 0.338 e. The first-order valence-corrected chi connectivity index (χ1v) is 10.9. The number of hydrogen-bond donors (Lipinski definition) is 0. The van der Waals surface area contributed by atoms with Crippen LogP contribution < -0.4 is 4.74 Å². The van der Waals surface area contributed by atoms with Crippen molar-refractivity contribution < 1.29 is 26.9 Å². The first-order valence-electron chi connectivity index (χ1n) is 9.03. The van der Waals surface area contributed by atoms with Gasteiger partial charge in [-0.1, -0.05) is 30.3 Å². The molecule has 0 aliphatic heterocycles. The molecule has 1 heterocycles. The van der Waals surface area contributed by atoms with E-state index in [1.54, 1.807) is 24.3 Å². The highest BCUT2D eigenvalue weighted by Crippen LogP contribution is 2.15. The van der Waals surface area contributed by atoms with E-state index in [2.05, 4.69) is 10.1 Å². The highest BCUT2D eigenvalue weighted by atomic mass is 32.2. The lowest BCUT2D eigenvalue weighted by Gasteiger charge is -2.17. The fraction of sp³-hybridized carbons (Fsp3) is 0.250. The van der Waals surface area contributed by atoms with Gasteiger partial charge in [0.25, 0.3) is 10.1 Å². The molecule has 0 amide bonds. The van der Waals surface area contributed by atoms with Crippen LogP contribution in [0.15, 0.2) is 67.3 Å². The van der Waals surface area contributed by atoms with Gasteiger partial charge in [-0.15, -0.1) is 0 Å². The van der Waals surface area contributed by atoms with E-state index in [1.165, 1.54) is 17.3 Å². The Morgan fingerprint density at radius 2 is 1.83 bits per heavy atom. The van der Waals surface area contributed by atoms with Crippen LogP contribution in [0.2, 0.25) is 0 Å². The molecule has 0 unspecified atom stereocenters. The Balaban J connectivity index is 1.54. The monoisotopic (exact) mass is 431 g/mol. The molecule has 0 spiro atoms. The van der Waals surface area contributed by atoms with Crippen LogP contribution in [0.4, 0.5) is 0 Å². The van der Waals surface area contributed by atoms with Crippen LogP contribution in [0, 0.1) is 0 Å².